The van der Waals surface area contributed by atoms with Gasteiger partial charge < -0.3 is 15.2 Å². The molecule has 0 bridgehead atoms. The summed E-state index contributed by atoms with van der Waals surface area (Å²) in [5, 5.41) is 12.7. The average Bonchev–Trinajstić information content (AvgIpc) is 2.76. The fraction of sp³-hybridized carbons (Fsp3) is 0.500. The van der Waals surface area contributed by atoms with Crippen LogP contribution >= 0.6 is 0 Å². The number of urea groups is 1. The van der Waals surface area contributed by atoms with Crippen LogP contribution in [0.25, 0.3) is 0 Å². The molecule has 0 saturated carbocycles. The minimum absolute atomic E-state index is 0.00888. The maximum Gasteiger partial charge on any atom is 0.328 e. The van der Waals surface area contributed by atoms with Crippen molar-refractivity contribution in [1.82, 2.24) is 10.6 Å². The number of nitrogens with one attached hydrogen (secondary N) is 2. The van der Waals surface area contributed by atoms with E-state index in [9.17, 15) is 14.4 Å². The maximum atomic E-state index is 11.2. The lowest BCUT2D eigenvalue weighted by molar-refractivity contribution is -0.131. The van der Waals surface area contributed by atoms with Crippen LogP contribution in [0.4, 0.5) is 4.79 Å². The predicted molar refractivity (Wildman–Crippen MR) is 57.3 cm³/mol. The molecule has 1 saturated heterocycles. The molecule has 0 aromatic heterocycles. The third kappa shape index (κ3) is 5.67. The molecule has 0 spiro atoms. The Bertz CT molecular complexity index is 334. The third-order valence-electron chi connectivity index (χ3n) is 2.13. The molecule has 3 N–H and O–H groups in total. The molecule has 1 heterocycles. The summed E-state index contributed by atoms with van der Waals surface area (Å²) < 4.78 is 5.27. The van der Waals surface area contributed by atoms with E-state index in [1.165, 1.54) is 0 Å². The Morgan fingerprint density at radius 1 is 1.35 bits per heavy atom. The van der Waals surface area contributed by atoms with Crippen LogP contribution in [0.3, 0.4) is 0 Å². The SMILES string of the molecule is O=C(O)/C=C/C(=O)NC(=O)NCC1CCCO1. The van der Waals surface area contributed by atoms with Gasteiger partial charge in [-0.05, 0) is 12.8 Å². The molecule has 1 aliphatic rings. The number of amides is 3. The van der Waals surface area contributed by atoms with Crippen molar-refractivity contribution >= 4 is 17.9 Å². The van der Waals surface area contributed by atoms with Crippen molar-refractivity contribution in [2.24, 2.45) is 0 Å². The van der Waals surface area contributed by atoms with Gasteiger partial charge in [0.05, 0.1) is 6.10 Å². The molecule has 0 aromatic rings. The Balaban J connectivity index is 2.19. The quantitative estimate of drug-likeness (QED) is 0.583. The second kappa shape index (κ2) is 6.64. The second-order valence-electron chi connectivity index (χ2n) is 3.51. The predicted octanol–water partition coefficient (Wildman–Crippen LogP) is -0.368. The minimum atomic E-state index is -1.25. The van der Waals surface area contributed by atoms with Crippen molar-refractivity contribution in [3.05, 3.63) is 12.2 Å². The van der Waals surface area contributed by atoms with Crippen molar-refractivity contribution in [3.8, 4) is 0 Å². The normalized spacial score (nSPS) is 19.2. The highest BCUT2D eigenvalue weighted by Crippen LogP contribution is 2.10. The summed E-state index contributed by atoms with van der Waals surface area (Å²) in [5.41, 5.74) is 0. The molecular weight excluding hydrogens is 228 g/mol. The first-order valence-electron chi connectivity index (χ1n) is 5.19. The maximum absolute atomic E-state index is 11.2. The first-order chi connectivity index (χ1) is 8.08. The molecule has 7 heteroatoms. The Morgan fingerprint density at radius 3 is 2.71 bits per heavy atom. The van der Waals surface area contributed by atoms with Gasteiger partial charge in [-0.1, -0.05) is 0 Å². The zero-order valence-electron chi connectivity index (χ0n) is 9.14. The van der Waals surface area contributed by atoms with E-state index in [2.05, 4.69) is 5.32 Å². The summed E-state index contributed by atoms with van der Waals surface area (Å²) in [6, 6.07) is -0.666. The van der Waals surface area contributed by atoms with Gasteiger partial charge in [0.1, 0.15) is 0 Å². The van der Waals surface area contributed by atoms with E-state index >= 15 is 0 Å². The number of hydrogen-bond acceptors (Lipinski definition) is 4. The van der Waals surface area contributed by atoms with E-state index in [-0.39, 0.29) is 6.10 Å². The van der Waals surface area contributed by atoms with Crippen molar-refractivity contribution in [2.45, 2.75) is 18.9 Å². The van der Waals surface area contributed by atoms with E-state index in [4.69, 9.17) is 9.84 Å². The van der Waals surface area contributed by atoms with Gasteiger partial charge >= 0.3 is 12.0 Å². The molecule has 0 aliphatic carbocycles. The van der Waals surface area contributed by atoms with Crippen LogP contribution in [0.15, 0.2) is 12.2 Å². The number of carbonyl (C=O) groups excluding carboxylic acids is 2. The molecule has 1 fully saturated rings. The van der Waals surface area contributed by atoms with Crippen LogP contribution in [0.5, 0.6) is 0 Å². The monoisotopic (exact) mass is 242 g/mol. The number of ether oxygens (including phenoxy) is 1. The highest BCUT2D eigenvalue weighted by Gasteiger charge is 2.16. The molecule has 0 radical (unpaired) electrons. The van der Waals surface area contributed by atoms with Gasteiger partial charge in [0, 0.05) is 25.3 Å². The number of carbonyl (C=O) groups is 3. The van der Waals surface area contributed by atoms with Gasteiger partial charge in [0.2, 0.25) is 0 Å². The topological polar surface area (TPSA) is 105 Å². The first kappa shape index (κ1) is 13.2. The molecule has 94 valence electrons. The Morgan fingerprint density at radius 2 is 2.12 bits per heavy atom. The summed E-state index contributed by atoms with van der Waals surface area (Å²) in [6.07, 6.45) is 3.27. The number of aliphatic carboxylic acids is 1. The Hall–Kier alpha value is -1.89. The summed E-state index contributed by atoms with van der Waals surface area (Å²) in [4.78, 5) is 32.3. The number of imide groups is 1. The van der Waals surface area contributed by atoms with Gasteiger partial charge in [0.25, 0.3) is 5.91 Å². The standard InChI is InChI=1S/C10H14N2O5/c13-8(3-4-9(14)15)12-10(16)11-6-7-2-1-5-17-7/h3-4,7H,1-2,5-6H2,(H,14,15)(H2,11,12,13,16)/b4-3+. The molecule has 3 amide bonds. The smallest absolute Gasteiger partial charge is 0.328 e. The van der Waals surface area contributed by atoms with Crippen LogP contribution in [-0.2, 0) is 14.3 Å². The largest absolute Gasteiger partial charge is 0.478 e. The lowest BCUT2D eigenvalue weighted by atomic mass is 10.2. The fourth-order valence-electron chi connectivity index (χ4n) is 1.36. The average molecular weight is 242 g/mol. The highest BCUT2D eigenvalue weighted by atomic mass is 16.5. The summed E-state index contributed by atoms with van der Waals surface area (Å²) >= 11 is 0. The van der Waals surface area contributed by atoms with E-state index in [0.717, 1.165) is 18.9 Å². The second-order valence-corrected chi connectivity index (χ2v) is 3.51. The molecule has 1 unspecified atom stereocenters. The molecular formula is C10H14N2O5. The van der Waals surface area contributed by atoms with Gasteiger partial charge in [-0.2, -0.15) is 0 Å². The molecule has 17 heavy (non-hydrogen) atoms. The van der Waals surface area contributed by atoms with Gasteiger partial charge in [0.15, 0.2) is 0 Å². The van der Waals surface area contributed by atoms with Crippen molar-refractivity contribution in [3.63, 3.8) is 0 Å². The fourth-order valence-corrected chi connectivity index (χ4v) is 1.36. The van der Waals surface area contributed by atoms with Crippen LogP contribution in [-0.4, -0.2) is 42.3 Å². The van der Waals surface area contributed by atoms with Crippen LogP contribution in [0.1, 0.15) is 12.8 Å². The Kier molecular flexibility index (Phi) is 5.15. The van der Waals surface area contributed by atoms with Crippen molar-refractivity contribution < 1.29 is 24.2 Å². The zero-order valence-corrected chi connectivity index (χ0v) is 9.14. The number of rotatable bonds is 4. The van der Waals surface area contributed by atoms with Crippen LogP contribution in [0.2, 0.25) is 0 Å². The molecule has 0 aromatic carbocycles. The van der Waals surface area contributed by atoms with E-state index < -0.39 is 17.9 Å². The molecule has 1 atom stereocenters. The minimum Gasteiger partial charge on any atom is -0.478 e. The summed E-state index contributed by atoms with van der Waals surface area (Å²) in [7, 11) is 0. The Labute approximate surface area is 97.8 Å². The number of carboxylic acid groups (broad SMARTS) is 1. The highest BCUT2D eigenvalue weighted by molar-refractivity contribution is 6.02. The van der Waals surface area contributed by atoms with E-state index in [1.807, 2.05) is 5.32 Å². The first-order valence-corrected chi connectivity index (χ1v) is 5.19. The summed E-state index contributed by atoms with van der Waals surface area (Å²) in [6.45, 7) is 1.02. The van der Waals surface area contributed by atoms with Gasteiger partial charge in [-0.25, -0.2) is 9.59 Å². The van der Waals surface area contributed by atoms with E-state index in [0.29, 0.717) is 19.2 Å². The van der Waals surface area contributed by atoms with Crippen molar-refractivity contribution in [1.29, 1.82) is 0 Å². The van der Waals surface area contributed by atoms with Crippen LogP contribution in [0, 0.1) is 0 Å². The third-order valence-corrected chi connectivity index (χ3v) is 2.13. The lowest BCUT2D eigenvalue weighted by Gasteiger charge is -2.10. The van der Waals surface area contributed by atoms with Crippen molar-refractivity contribution in [2.75, 3.05) is 13.2 Å². The van der Waals surface area contributed by atoms with Gasteiger partial charge in [-0.15, -0.1) is 0 Å². The summed E-state index contributed by atoms with van der Waals surface area (Å²) in [5.74, 6) is -2.03. The number of hydrogen-bond donors (Lipinski definition) is 3. The molecule has 7 nitrogen and oxygen atoms in total. The zero-order chi connectivity index (χ0) is 12.7. The van der Waals surface area contributed by atoms with E-state index in [1.54, 1.807) is 0 Å². The van der Waals surface area contributed by atoms with Gasteiger partial charge in [-0.3, -0.25) is 10.1 Å². The number of carboxylic acids is 1. The molecule has 1 rings (SSSR count). The molecule has 1 aliphatic heterocycles. The van der Waals surface area contributed by atoms with Crippen LogP contribution < -0.4 is 10.6 Å². The lowest BCUT2D eigenvalue weighted by Crippen LogP contribution is -2.41.